The van der Waals surface area contributed by atoms with Crippen molar-refractivity contribution < 1.29 is 9.53 Å². The van der Waals surface area contributed by atoms with Crippen molar-refractivity contribution in [1.29, 1.82) is 0 Å². The molecule has 1 unspecified atom stereocenters. The van der Waals surface area contributed by atoms with E-state index in [4.69, 9.17) is 10.5 Å². The molecule has 1 atom stereocenters. The lowest BCUT2D eigenvalue weighted by atomic mass is 9.96. The second-order valence-corrected chi connectivity index (χ2v) is 6.58. The Morgan fingerprint density at radius 1 is 1.42 bits per heavy atom. The molecule has 2 N–H and O–H groups in total. The smallest absolute Gasteiger partial charge is 0.245 e. The molecule has 4 nitrogen and oxygen atoms in total. The first-order valence-corrected chi connectivity index (χ1v) is 7.70. The van der Waals surface area contributed by atoms with Crippen LogP contribution in [0.15, 0.2) is 0 Å². The van der Waals surface area contributed by atoms with Crippen LogP contribution in [0.4, 0.5) is 0 Å². The van der Waals surface area contributed by atoms with Gasteiger partial charge in [0.25, 0.3) is 0 Å². The van der Waals surface area contributed by atoms with Crippen molar-refractivity contribution >= 4 is 5.91 Å². The van der Waals surface area contributed by atoms with Crippen LogP contribution in [-0.2, 0) is 9.53 Å². The molecule has 0 bridgehead atoms. The summed E-state index contributed by atoms with van der Waals surface area (Å²) in [6.45, 7) is 6.25. The van der Waals surface area contributed by atoms with Crippen molar-refractivity contribution in [2.45, 2.75) is 64.0 Å². The summed E-state index contributed by atoms with van der Waals surface area (Å²) in [5.74, 6) is 0.739. The van der Waals surface area contributed by atoms with E-state index >= 15 is 0 Å². The fourth-order valence-electron chi connectivity index (χ4n) is 3.10. The van der Waals surface area contributed by atoms with Crippen LogP contribution in [0, 0.1) is 5.92 Å². The summed E-state index contributed by atoms with van der Waals surface area (Å²) in [5, 5.41) is 0. The topological polar surface area (TPSA) is 55.6 Å². The SMILES string of the molecule is CC(C)CCN(C(=O)C1(N)CCOC1)C1CCCC1. The predicted octanol–water partition coefficient (Wildman–Crippen LogP) is 1.92. The lowest BCUT2D eigenvalue weighted by molar-refractivity contribution is -0.139. The Balaban J connectivity index is 2.04. The first-order chi connectivity index (χ1) is 9.03. The predicted molar refractivity (Wildman–Crippen MR) is 75.8 cm³/mol. The highest BCUT2D eigenvalue weighted by molar-refractivity contribution is 5.87. The van der Waals surface area contributed by atoms with Crippen LogP contribution in [0.3, 0.4) is 0 Å². The van der Waals surface area contributed by atoms with E-state index in [9.17, 15) is 4.79 Å². The molecule has 0 aromatic heterocycles. The molecule has 4 heteroatoms. The van der Waals surface area contributed by atoms with Crippen molar-refractivity contribution in [3.8, 4) is 0 Å². The van der Waals surface area contributed by atoms with Crippen molar-refractivity contribution in [3.05, 3.63) is 0 Å². The molecule has 2 aliphatic rings. The molecule has 0 aromatic carbocycles. The number of nitrogens with zero attached hydrogens (tertiary/aromatic N) is 1. The average Bonchev–Trinajstić information content (AvgIpc) is 3.01. The van der Waals surface area contributed by atoms with Gasteiger partial charge in [0.15, 0.2) is 0 Å². The summed E-state index contributed by atoms with van der Waals surface area (Å²) in [6.07, 6.45) is 6.48. The maximum atomic E-state index is 12.8. The van der Waals surface area contributed by atoms with Gasteiger partial charge in [0.2, 0.25) is 5.91 Å². The molecule has 0 spiro atoms. The third kappa shape index (κ3) is 3.48. The fourth-order valence-corrected chi connectivity index (χ4v) is 3.10. The minimum absolute atomic E-state index is 0.123. The van der Waals surface area contributed by atoms with Gasteiger partial charge in [-0.2, -0.15) is 0 Å². The van der Waals surface area contributed by atoms with Crippen LogP contribution in [0.2, 0.25) is 0 Å². The Morgan fingerprint density at radius 2 is 2.11 bits per heavy atom. The Morgan fingerprint density at radius 3 is 2.63 bits per heavy atom. The maximum absolute atomic E-state index is 12.8. The van der Waals surface area contributed by atoms with E-state index in [1.54, 1.807) is 0 Å². The van der Waals surface area contributed by atoms with Crippen LogP contribution in [0.1, 0.15) is 52.4 Å². The van der Waals surface area contributed by atoms with Crippen LogP contribution in [0.5, 0.6) is 0 Å². The van der Waals surface area contributed by atoms with E-state index < -0.39 is 5.54 Å². The van der Waals surface area contributed by atoms with Crippen LogP contribution >= 0.6 is 0 Å². The summed E-state index contributed by atoms with van der Waals surface area (Å²) in [5.41, 5.74) is 5.50. The number of hydrogen-bond acceptors (Lipinski definition) is 3. The molecular weight excluding hydrogens is 240 g/mol. The van der Waals surface area contributed by atoms with Crippen LogP contribution in [-0.4, -0.2) is 42.1 Å². The minimum Gasteiger partial charge on any atom is -0.379 e. The van der Waals surface area contributed by atoms with Gasteiger partial charge in [-0.3, -0.25) is 4.79 Å². The van der Waals surface area contributed by atoms with E-state index in [2.05, 4.69) is 18.7 Å². The highest BCUT2D eigenvalue weighted by Crippen LogP contribution is 2.28. The van der Waals surface area contributed by atoms with Crippen molar-refractivity contribution in [1.82, 2.24) is 4.90 Å². The molecule has 1 amide bonds. The number of hydrogen-bond donors (Lipinski definition) is 1. The third-order valence-electron chi connectivity index (χ3n) is 4.45. The van der Waals surface area contributed by atoms with E-state index in [1.807, 2.05) is 0 Å². The Labute approximate surface area is 116 Å². The Bertz CT molecular complexity index is 305. The van der Waals surface area contributed by atoms with Gasteiger partial charge in [-0.1, -0.05) is 26.7 Å². The zero-order chi connectivity index (χ0) is 13.9. The second kappa shape index (κ2) is 6.23. The van der Waals surface area contributed by atoms with Gasteiger partial charge in [-0.05, 0) is 31.6 Å². The quantitative estimate of drug-likeness (QED) is 0.829. The fraction of sp³-hybridized carbons (Fsp3) is 0.933. The lowest BCUT2D eigenvalue weighted by Gasteiger charge is -2.35. The first-order valence-electron chi connectivity index (χ1n) is 7.70. The van der Waals surface area contributed by atoms with Gasteiger partial charge >= 0.3 is 0 Å². The number of amides is 1. The van der Waals surface area contributed by atoms with Gasteiger partial charge in [-0.15, -0.1) is 0 Å². The number of carbonyl (C=O) groups excluding carboxylic acids is 1. The molecule has 2 fully saturated rings. The summed E-state index contributed by atoms with van der Waals surface area (Å²) in [4.78, 5) is 14.9. The van der Waals surface area contributed by atoms with E-state index in [1.165, 1.54) is 12.8 Å². The molecule has 1 saturated carbocycles. The molecule has 1 aliphatic heterocycles. The summed E-state index contributed by atoms with van der Waals surface area (Å²) < 4.78 is 5.35. The van der Waals surface area contributed by atoms with Crippen molar-refractivity contribution in [2.24, 2.45) is 11.7 Å². The van der Waals surface area contributed by atoms with Gasteiger partial charge in [0.1, 0.15) is 5.54 Å². The zero-order valence-electron chi connectivity index (χ0n) is 12.4. The second-order valence-electron chi connectivity index (χ2n) is 6.58. The zero-order valence-corrected chi connectivity index (χ0v) is 12.4. The molecule has 19 heavy (non-hydrogen) atoms. The molecular formula is C15H28N2O2. The normalized spacial score (nSPS) is 28.2. The van der Waals surface area contributed by atoms with Gasteiger partial charge in [0, 0.05) is 19.2 Å². The first kappa shape index (κ1) is 14.8. The lowest BCUT2D eigenvalue weighted by Crippen LogP contribution is -2.58. The number of ether oxygens (including phenoxy) is 1. The molecule has 0 radical (unpaired) electrons. The number of rotatable bonds is 5. The maximum Gasteiger partial charge on any atom is 0.245 e. The molecule has 110 valence electrons. The molecule has 1 saturated heterocycles. The number of nitrogens with two attached hydrogens (primary N) is 1. The monoisotopic (exact) mass is 268 g/mol. The van der Waals surface area contributed by atoms with E-state index in [-0.39, 0.29) is 5.91 Å². The molecule has 1 heterocycles. The molecule has 0 aromatic rings. The highest BCUT2D eigenvalue weighted by atomic mass is 16.5. The summed E-state index contributed by atoms with van der Waals surface area (Å²) >= 11 is 0. The van der Waals surface area contributed by atoms with Gasteiger partial charge in [0.05, 0.1) is 6.61 Å². The largest absolute Gasteiger partial charge is 0.379 e. The van der Waals surface area contributed by atoms with Gasteiger partial charge < -0.3 is 15.4 Å². The van der Waals surface area contributed by atoms with Crippen molar-refractivity contribution in [2.75, 3.05) is 19.8 Å². The number of carbonyl (C=O) groups is 1. The summed E-state index contributed by atoms with van der Waals surface area (Å²) in [6, 6.07) is 0.410. The summed E-state index contributed by atoms with van der Waals surface area (Å²) in [7, 11) is 0. The Kier molecular flexibility index (Phi) is 4.85. The standard InChI is InChI=1S/C15H28N2O2/c1-12(2)7-9-17(13-5-3-4-6-13)14(18)15(16)8-10-19-11-15/h12-13H,3-11,16H2,1-2H3. The Hall–Kier alpha value is -0.610. The van der Waals surface area contributed by atoms with Crippen LogP contribution < -0.4 is 5.73 Å². The van der Waals surface area contributed by atoms with Crippen LogP contribution in [0.25, 0.3) is 0 Å². The third-order valence-corrected chi connectivity index (χ3v) is 4.45. The van der Waals surface area contributed by atoms with Crippen molar-refractivity contribution in [3.63, 3.8) is 0 Å². The minimum atomic E-state index is -0.764. The average molecular weight is 268 g/mol. The van der Waals surface area contributed by atoms with E-state index in [0.717, 1.165) is 25.8 Å². The van der Waals surface area contributed by atoms with Gasteiger partial charge in [-0.25, -0.2) is 0 Å². The molecule has 2 rings (SSSR count). The highest BCUT2D eigenvalue weighted by Gasteiger charge is 2.43. The molecule has 1 aliphatic carbocycles. The van der Waals surface area contributed by atoms with E-state index in [0.29, 0.717) is 31.6 Å².